The normalized spacial score (nSPS) is 13.1. The molecule has 26 heavy (non-hydrogen) atoms. The monoisotopic (exact) mass is 375 g/mol. The Balaban J connectivity index is 2.34. The molecular weight excluding hydrogens is 345 g/mol. The Morgan fingerprint density at radius 2 is 1.38 bits per heavy atom. The molecule has 2 aromatic rings. The van der Waals surface area contributed by atoms with Crippen molar-refractivity contribution in [3.63, 3.8) is 0 Å². The van der Waals surface area contributed by atoms with E-state index in [1.54, 1.807) is 0 Å². The molecule has 0 fully saturated rings. The van der Waals surface area contributed by atoms with Crippen LogP contribution in [0.1, 0.15) is 49.8 Å². The molecule has 0 radical (unpaired) electrons. The fourth-order valence-electron chi connectivity index (χ4n) is 3.12. The molecule has 142 valence electrons. The van der Waals surface area contributed by atoms with E-state index >= 15 is 0 Å². The van der Waals surface area contributed by atoms with E-state index < -0.39 is 7.60 Å². The minimum absolute atomic E-state index is 0.0809. The van der Waals surface area contributed by atoms with E-state index in [1.165, 1.54) is 14.2 Å². The lowest BCUT2D eigenvalue weighted by Gasteiger charge is -2.30. The van der Waals surface area contributed by atoms with Gasteiger partial charge in [-0.3, -0.25) is 9.88 Å². The Bertz CT molecular complexity index is 631. The molecule has 0 aliphatic heterocycles. The van der Waals surface area contributed by atoms with Crippen molar-refractivity contribution in [1.29, 1.82) is 0 Å². The maximum Gasteiger partial charge on any atom is 0.346 e. The van der Waals surface area contributed by atoms with E-state index in [2.05, 4.69) is 36.5 Å². The molecule has 5 heteroatoms. The van der Waals surface area contributed by atoms with Crippen LogP contribution < -0.4 is 5.32 Å². The Kier molecular flexibility index (Phi) is 8.53. The molecule has 2 rings (SSSR count). The Morgan fingerprint density at radius 3 is 1.81 bits per heavy atom. The van der Waals surface area contributed by atoms with Crippen molar-refractivity contribution >= 4 is 7.60 Å². The largest absolute Gasteiger partial charge is 0.346 e. The molecule has 0 aliphatic rings. The zero-order valence-corrected chi connectivity index (χ0v) is 16.8. The summed E-state index contributed by atoms with van der Waals surface area (Å²) < 4.78 is 23.8. The van der Waals surface area contributed by atoms with Gasteiger partial charge in [0.05, 0.1) is 6.04 Å². The van der Waals surface area contributed by atoms with Crippen LogP contribution in [0.5, 0.6) is 0 Å². The minimum atomic E-state index is -3.24. The Labute approximate surface area is 157 Å². The van der Waals surface area contributed by atoms with E-state index in [1.807, 2.05) is 36.4 Å². The van der Waals surface area contributed by atoms with Crippen molar-refractivity contribution in [1.82, 2.24) is 5.32 Å². The van der Waals surface area contributed by atoms with Crippen LogP contribution in [0.3, 0.4) is 0 Å². The van der Waals surface area contributed by atoms with Gasteiger partial charge in [-0.1, -0.05) is 86.8 Å². The number of rotatable bonds is 11. The Hall–Kier alpha value is -1.45. The second-order valence-electron chi connectivity index (χ2n) is 6.34. The van der Waals surface area contributed by atoms with Gasteiger partial charge in [-0.05, 0) is 17.5 Å². The predicted octanol–water partition coefficient (Wildman–Crippen LogP) is 5.76. The first-order valence-electron chi connectivity index (χ1n) is 9.21. The highest BCUT2D eigenvalue weighted by Gasteiger charge is 2.35. The highest BCUT2D eigenvalue weighted by molar-refractivity contribution is 7.54. The lowest BCUT2D eigenvalue weighted by Crippen LogP contribution is -2.34. The third kappa shape index (κ3) is 5.52. The standard InChI is InChI=1S/C21H30NO3P/c1-4-5-8-17-20(26(23,24-2)25-3)22-21(18-13-9-6-10-14-18)19-15-11-7-12-16-19/h6-7,9-16,20-22H,4-5,8,17H2,1-3H3/t20-/m1/s1. The first-order chi connectivity index (χ1) is 12.6. The average molecular weight is 375 g/mol. The highest BCUT2D eigenvalue weighted by Crippen LogP contribution is 2.53. The van der Waals surface area contributed by atoms with E-state index in [4.69, 9.17) is 9.05 Å². The van der Waals surface area contributed by atoms with Crippen LogP contribution in [0.25, 0.3) is 0 Å². The van der Waals surface area contributed by atoms with Crippen LogP contribution in [0.2, 0.25) is 0 Å². The highest BCUT2D eigenvalue weighted by atomic mass is 31.2. The van der Waals surface area contributed by atoms with Crippen LogP contribution in [-0.4, -0.2) is 20.0 Å². The number of nitrogens with one attached hydrogen (secondary N) is 1. The van der Waals surface area contributed by atoms with Gasteiger partial charge in [0.25, 0.3) is 0 Å². The third-order valence-electron chi connectivity index (χ3n) is 4.60. The lowest BCUT2D eigenvalue weighted by atomic mass is 9.98. The van der Waals surface area contributed by atoms with Gasteiger partial charge < -0.3 is 9.05 Å². The quantitative estimate of drug-likeness (QED) is 0.401. The number of benzene rings is 2. The van der Waals surface area contributed by atoms with Gasteiger partial charge >= 0.3 is 7.60 Å². The van der Waals surface area contributed by atoms with E-state index in [0.717, 1.165) is 36.8 Å². The number of hydrogen-bond acceptors (Lipinski definition) is 4. The first kappa shape index (κ1) is 20.9. The summed E-state index contributed by atoms with van der Waals surface area (Å²) in [7, 11) is -0.323. The van der Waals surface area contributed by atoms with Gasteiger partial charge in [-0.25, -0.2) is 0 Å². The van der Waals surface area contributed by atoms with Gasteiger partial charge in [-0.2, -0.15) is 0 Å². The van der Waals surface area contributed by atoms with Crippen molar-refractivity contribution in [2.75, 3.05) is 14.2 Å². The SMILES string of the molecule is CCCCC[C@H](NC(c1ccccc1)c1ccccc1)P(=O)(OC)OC. The second kappa shape index (κ2) is 10.6. The molecule has 0 saturated heterocycles. The summed E-state index contributed by atoms with van der Waals surface area (Å²) in [5.74, 6) is -0.366. The maximum absolute atomic E-state index is 13.1. The first-order valence-corrected chi connectivity index (χ1v) is 10.8. The van der Waals surface area contributed by atoms with Crippen molar-refractivity contribution in [2.45, 2.75) is 44.4 Å². The summed E-state index contributed by atoms with van der Waals surface area (Å²) in [6, 6.07) is 20.3. The third-order valence-corrected chi connectivity index (χ3v) is 6.79. The van der Waals surface area contributed by atoms with Gasteiger partial charge in [0.1, 0.15) is 5.78 Å². The molecular formula is C21H30NO3P. The van der Waals surface area contributed by atoms with Gasteiger partial charge in [0.15, 0.2) is 0 Å². The lowest BCUT2D eigenvalue weighted by molar-refractivity contribution is 0.253. The molecule has 1 N–H and O–H groups in total. The molecule has 0 aromatic heterocycles. The van der Waals surface area contributed by atoms with Crippen LogP contribution in [-0.2, 0) is 13.6 Å². The summed E-state index contributed by atoms with van der Waals surface area (Å²) in [4.78, 5) is 0. The molecule has 0 bridgehead atoms. The van der Waals surface area contributed by atoms with Crippen molar-refractivity contribution < 1.29 is 13.6 Å². The zero-order valence-electron chi connectivity index (χ0n) is 15.9. The number of hydrogen-bond donors (Lipinski definition) is 1. The van der Waals surface area contributed by atoms with Crippen LogP contribution in [0.15, 0.2) is 60.7 Å². The van der Waals surface area contributed by atoms with Gasteiger partial charge in [-0.15, -0.1) is 0 Å². The average Bonchev–Trinajstić information content (AvgIpc) is 2.71. The molecule has 0 amide bonds. The van der Waals surface area contributed by atoms with Gasteiger partial charge in [0, 0.05) is 14.2 Å². The summed E-state index contributed by atoms with van der Waals surface area (Å²) in [5.41, 5.74) is 2.25. The molecule has 0 heterocycles. The molecule has 4 nitrogen and oxygen atoms in total. The summed E-state index contributed by atoms with van der Waals surface area (Å²) in [5, 5.41) is 3.57. The summed E-state index contributed by atoms with van der Waals surface area (Å²) in [6.07, 6.45) is 3.91. The van der Waals surface area contributed by atoms with E-state index in [0.29, 0.717) is 0 Å². The molecule has 0 unspecified atom stereocenters. The van der Waals surface area contributed by atoms with E-state index in [9.17, 15) is 4.57 Å². The van der Waals surface area contributed by atoms with Crippen LogP contribution >= 0.6 is 7.60 Å². The summed E-state index contributed by atoms with van der Waals surface area (Å²) in [6.45, 7) is 2.16. The molecule has 0 spiro atoms. The van der Waals surface area contributed by atoms with Crippen LogP contribution in [0.4, 0.5) is 0 Å². The van der Waals surface area contributed by atoms with Crippen molar-refractivity contribution in [3.05, 3.63) is 71.8 Å². The molecule has 0 aliphatic carbocycles. The minimum Gasteiger partial charge on any atom is -0.311 e. The second-order valence-corrected chi connectivity index (χ2v) is 8.77. The smallest absolute Gasteiger partial charge is 0.311 e. The van der Waals surface area contributed by atoms with Crippen molar-refractivity contribution in [3.8, 4) is 0 Å². The van der Waals surface area contributed by atoms with Crippen molar-refractivity contribution in [2.24, 2.45) is 0 Å². The molecule has 0 saturated carbocycles. The number of unbranched alkanes of at least 4 members (excludes halogenated alkanes) is 2. The van der Waals surface area contributed by atoms with E-state index in [-0.39, 0.29) is 11.8 Å². The fourth-order valence-corrected chi connectivity index (χ4v) is 4.61. The predicted molar refractivity (Wildman–Crippen MR) is 107 cm³/mol. The summed E-state index contributed by atoms with van der Waals surface area (Å²) >= 11 is 0. The topological polar surface area (TPSA) is 47.6 Å². The Morgan fingerprint density at radius 1 is 0.885 bits per heavy atom. The maximum atomic E-state index is 13.1. The zero-order chi connectivity index (χ0) is 18.8. The van der Waals surface area contributed by atoms with Gasteiger partial charge in [0.2, 0.25) is 0 Å². The molecule has 2 aromatic carbocycles. The fraction of sp³-hybridized carbons (Fsp3) is 0.429. The molecule has 1 atom stereocenters. The van der Waals surface area contributed by atoms with Crippen LogP contribution in [0, 0.1) is 0 Å².